The third-order valence-corrected chi connectivity index (χ3v) is 6.84. The van der Waals surface area contributed by atoms with Gasteiger partial charge in [-0.15, -0.1) is 21.5 Å². The lowest BCUT2D eigenvalue weighted by Gasteiger charge is -1.89. The molecule has 0 aliphatic rings. The van der Waals surface area contributed by atoms with Crippen molar-refractivity contribution in [3.05, 3.63) is 21.8 Å². The van der Waals surface area contributed by atoms with Crippen molar-refractivity contribution in [1.82, 2.24) is 20.3 Å². The Morgan fingerprint density at radius 1 is 1.35 bits per heavy atom. The minimum atomic E-state index is 0.593. The van der Waals surface area contributed by atoms with E-state index < -0.39 is 0 Å². The van der Waals surface area contributed by atoms with Gasteiger partial charge in [-0.05, 0) is 28.3 Å². The van der Waals surface area contributed by atoms with E-state index in [0.717, 1.165) is 18.0 Å². The third kappa shape index (κ3) is 3.42. The molecule has 0 fully saturated rings. The van der Waals surface area contributed by atoms with Crippen LogP contribution in [0.1, 0.15) is 5.89 Å². The molecule has 20 heavy (non-hydrogen) atoms. The first-order chi connectivity index (χ1) is 9.74. The van der Waals surface area contributed by atoms with Gasteiger partial charge in [0.25, 0.3) is 0 Å². The van der Waals surface area contributed by atoms with E-state index in [2.05, 4.69) is 36.3 Å². The smallest absolute Gasteiger partial charge is 0.237 e. The van der Waals surface area contributed by atoms with Gasteiger partial charge in [0.05, 0.1) is 10.6 Å². The van der Waals surface area contributed by atoms with Crippen LogP contribution >= 0.6 is 62.1 Å². The Balaban J connectivity index is 1.65. The van der Waals surface area contributed by atoms with Gasteiger partial charge in [-0.2, -0.15) is 4.98 Å². The lowest BCUT2D eigenvalue weighted by molar-refractivity contribution is 0.392. The van der Waals surface area contributed by atoms with Crippen molar-refractivity contribution < 1.29 is 4.52 Å². The molecular weight excluding hydrogens is 400 g/mol. The summed E-state index contributed by atoms with van der Waals surface area (Å²) < 4.78 is 8.14. The summed E-state index contributed by atoms with van der Waals surface area (Å²) in [5.74, 6) is 1.82. The Kier molecular flexibility index (Phi) is 4.76. The summed E-state index contributed by atoms with van der Waals surface area (Å²) in [5.41, 5.74) is 0. The summed E-state index contributed by atoms with van der Waals surface area (Å²) in [7, 11) is 0. The molecule has 0 radical (unpaired) electrons. The maximum atomic E-state index is 5.24. The van der Waals surface area contributed by atoms with Crippen LogP contribution in [0.15, 0.2) is 29.1 Å². The zero-order valence-electron chi connectivity index (χ0n) is 10.1. The van der Waals surface area contributed by atoms with E-state index in [1.807, 2.05) is 17.7 Å². The number of hydrogen-bond acceptors (Lipinski definition) is 9. The van der Waals surface area contributed by atoms with Crippen molar-refractivity contribution in [2.24, 2.45) is 0 Å². The summed E-state index contributed by atoms with van der Waals surface area (Å²) >= 11 is 9.70. The zero-order chi connectivity index (χ0) is 13.9. The molecule has 0 spiro atoms. The Morgan fingerprint density at radius 3 is 2.90 bits per heavy atom. The van der Waals surface area contributed by atoms with Crippen molar-refractivity contribution in [1.29, 1.82) is 0 Å². The molecule has 0 saturated heterocycles. The number of halogens is 1. The van der Waals surface area contributed by atoms with Crippen LogP contribution in [0.3, 0.4) is 0 Å². The van der Waals surface area contributed by atoms with E-state index in [9.17, 15) is 0 Å². The molecule has 0 atom stereocenters. The van der Waals surface area contributed by atoms with Crippen molar-refractivity contribution in [2.45, 2.75) is 14.4 Å². The first kappa shape index (κ1) is 14.5. The fraction of sp³-hybridized carbons (Fsp3) is 0.200. The molecule has 0 aliphatic carbocycles. The number of thiophene rings is 1. The van der Waals surface area contributed by atoms with Crippen LogP contribution in [-0.2, 0) is 5.75 Å². The van der Waals surface area contributed by atoms with E-state index in [1.54, 1.807) is 46.2 Å². The van der Waals surface area contributed by atoms with E-state index in [4.69, 9.17) is 4.52 Å². The van der Waals surface area contributed by atoms with Crippen LogP contribution < -0.4 is 0 Å². The van der Waals surface area contributed by atoms with Gasteiger partial charge in [0.2, 0.25) is 11.7 Å². The number of rotatable bonds is 5. The Morgan fingerprint density at radius 2 is 2.20 bits per heavy atom. The normalized spacial score (nSPS) is 11.1. The highest BCUT2D eigenvalue weighted by atomic mass is 79.9. The zero-order valence-corrected chi connectivity index (χ0v) is 14.9. The quantitative estimate of drug-likeness (QED) is 0.580. The molecule has 0 unspecified atom stereocenters. The summed E-state index contributed by atoms with van der Waals surface area (Å²) in [6.07, 6.45) is 1.98. The molecule has 3 rings (SSSR count). The summed E-state index contributed by atoms with van der Waals surface area (Å²) in [6.45, 7) is 0. The highest BCUT2D eigenvalue weighted by Crippen LogP contribution is 2.31. The van der Waals surface area contributed by atoms with Crippen LogP contribution in [0.4, 0.5) is 0 Å². The van der Waals surface area contributed by atoms with Gasteiger partial charge in [0, 0.05) is 9.85 Å². The molecule has 3 aromatic heterocycles. The molecule has 5 nitrogen and oxygen atoms in total. The van der Waals surface area contributed by atoms with Gasteiger partial charge in [-0.1, -0.05) is 40.0 Å². The molecule has 3 heterocycles. The Hall–Kier alpha value is -0.420. The highest BCUT2D eigenvalue weighted by molar-refractivity contribution is 9.10. The number of aromatic nitrogens is 4. The largest absolute Gasteiger partial charge is 0.338 e. The van der Waals surface area contributed by atoms with Gasteiger partial charge in [0.15, 0.2) is 8.68 Å². The number of hydrogen-bond donors (Lipinski definition) is 0. The van der Waals surface area contributed by atoms with E-state index in [1.165, 1.54) is 0 Å². The maximum Gasteiger partial charge on any atom is 0.237 e. The van der Waals surface area contributed by atoms with Gasteiger partial charge in [-0.25, -0.2) is 0 Å². The molecule has 0 amide bonds. The molecule has 104 valence electrons. The fourth-order valence-electron chi connectivity index (χ4n) is 1.31. The minimum absolute atomic E-state index is 0.593. The van der Waals surface area contributed by atoms with Gasteiger partial charge < -0.3 is 4.52 Å². The van der Waals surface area contributed by atoms with Crippen molar-refractivity contribution in [3.8, 4) is 10.7 Å². The van der Waals surface area contributed by atoms with Crippen molar-refractivity contribution >= 4 is 62.1 Å². The van der Waals surface area contributed by atoms with Crippen LogP contribution in [0.5, 0.6) is 0 Å². The molecule has 0 bridgehead atoms. The second-order valence-corrected chi connectivity index (χ2v) is 8.55. The Labute approximate surface area is 139 Å². The second kappa shape index (κ2) is 6.56. The molecule has 10 heteroatoms. The van der Waals surface area contributed by atoms with Crippen LogP contribution in [0.2, 0.25) is 0 Å². The third-order valence-electron chi connectivity index (χ3n) is 2.14. The van der Waals surface area contributed by atoms with Crippen LogP contribution in [0.25, 0.3) is 10.7 Å². The van der Waals surface area contributed by atoms with E-state index in [-0.39, 0.29) is 0 Å². The molecule has 0 aromatic carbocycles. The van der Waals surface area contributed by atoms with E-state index in [0.29, 0.717) is 17.5 Å². The number of nitrogens with zero attached hydrogens (tertiary/aromatic N) is 4. The number of thioether (sulfide) groups is 2. The van der Waals surface area contributed by atoms with Gasteiger partial charge in [0.1, 0.15) is 0 Å². The summed E-state index contributed by atoms with van der Waals surface area (Å²) in [6, 6.07) is 1.97. The standard InChI is InChI=1S/C10H7BrN4OS4/c1-17-9-13-14-10(20-9)19-4-7-12-8(15-16-7)6-2-5(11)3-18-6/h2-3H,4H2,1H3. The fourth-order valence-corrected chi connectivity index (χ4v) is 4.93. The monoisotopic (exact) mass is 406 g/mol. The Bertz CT molecular complexity index is 710. The SMILES string of the molecule is CSc1nnc(SCc2nc(-c3cc(Br)cs3)no2)s1. The van der Waals surface area contributed by atoms with Crippen LogP contribution in [0, 0.1) is 0 Å². The molecule has 3 aromatic rings. The first-order valence-corrected chi connectivity index (χ1v) is 10.0. The minimum Gasteiger partial charge on any atom is -0.338 e. The molecule has 0 N–H and O–H groups in total. The lowest BCUT2D eigenvalue weighted by atomic mass is 10.4. The van der Waals surface area contributed by atoms with Crippen molar-refractivity contribution in [2.75, 3.05) is 6.26 Å². The lowest BCUT2D eigenvalue weighted by Crippen LogP contribution is -1.80. The maximum absolute atomic E-state index is 5.24. The predicted molar refractivity (Wildman–Crippen MR) is 86.6 cm³/mol. The average Bonchev–Trinajstić information content (AvgIpc) is 3.16. The topological polar surface area (TPSA) is 64.7 Å². The van der Waals surface area contributed by atoms with Gasteiger partial charge in [-0.3, -0.25) is 0 Å². The average molecular weight is 407 g/mol. The molecule has 0 aliphatic heterocycles. The van der Waals surface area contributed by atoms with Gasteiger partial charge >= 0.3 is 0 Å². The summed E-state index contributed by atoms with van der Waals surface area (Å²) in [5, 5.41) is 14.1. The second-order valence-electron chi connectivity index (χ2n) is 3.47. The van der Waals surface area contributed by atoms with E-state index >= 15 is 0 Å². The van der Waals surface area contributed by atoms with Crippen molar-refractivity contribution in [3.63, 3.8) is 0 Å². The first-order valence-electron chi connectivity index (χ1n) is 5.32. The predicted octanol–water partition coefficient (Wildman–Crippen LogP) is 4.43. The van der Waals surface area contributed by atoms with Crippen LogP contribution in [-0.4, -0.2) is 26.6 Å². The highest BCUT2D eigenvalue weighted by Gasteiger charge is 2.12. The summed E-state index contributed by atoms with van der Waals surface area (Å²) in [4.78, 5) is 5.36. The molecule has 0 saturated carbocycles. The molecular formula is C10H7BrN4OS4.